The molecule has 90 valence electrons. The van der Waals surface area contributed by atoms with Gasteiger partial charge in [-0.3, -0.25) is 0 Å². The van der Waals surface area contributed by atoms with E-state index in [0.717, 1.165) is 0 Å². The Hall–Kier alpha value is -0.230. The SMILES string of the molecule is CNC1CCCc2sc(-c3ccc(Br)s3)nc21. The second kappa shape index (κ2) is 4.80. The van der Waals surface area contributed by atoms with Crippen LogP contribution in [0.3, 0.4) is 0 Å². The summed E-state index contributed by atoms with van der Waals surface area (Å²) in [5, 5.41) is 4.54. The standard InChI is InChI=1S/C12H13BrN2S2/c1-14-7-3-2-4-8-11(7)15-12(17-8)9-5-6-10(13)16-9/h5-7,14H,2-4H2,1H3. The fraction of sp³-hybridized carbons (Fsp3) is 0.417. The molecule has 5 heteroatoms. The summed E-state index contributed by atoms with van der Waals surface area (Å²) in [5.41, 5.74) is 1.28. The summed E-state index contributed by atoms with van der Waals surface area (Å²) >= 11 is 7.13. The number of nitrogens with one attached hydrogen (secondary N) is 1. The van der Waals surface area contributed by atoms with E-state index in [1.807, 2.05) is 18.4 Å². The van der Waals surface area contributed by atoms with E-state index in [-0.39, 0.29) is 0 Å². The smallest absolute Gasteiger partial charge is 0.134 e. The number of fused-ring (bicyclic) bond motifs is 1. The highest BCUT2D eigenvalue weighted by molar-refractivity contribution is 9.11. The van der Waals surface area contributed by atoms with Gasteiger partial charge in [-0.2, -0.15) is 0 Å². The lowest BCUT2D eigenvalue weighted by Gasteiger charge is -2.19. The average molecular weight is 329 g/mol. The molecule has 0 aliphatic heterocycles. The highest BCUT2D eigenvalue weighted by atomic mass is 79.9. The van der Waals surface area contributed by atoms with Crippen LogP contribution >= 0.6 is 38.6 Å². The molecule has 1 unspecified atom stereocenters. The third-order valence-electron chi connectivity index (χ3n) is 3.09. The van der Waals surface area contributed by atoms with E-state index < -0.39 is 0 Å². The number of nitrogens with zero attached hydrogens (tertiary/aromatic N) is 1. The molecule has 0 radical (unpaired) electrons. The zero-order valence-corrected chi connectivity index (χ0v) is 12.7. The van der Waals surface area contributed by atoms with Crippen molar-refractivity contribution in [1.82, 2.24) is 10.3 Å². The van der Waals surface area contributed by atoms with Crippen LogP contribution in [0.4, 0.5) is 0 Å². The normalized spacial score (nSPS) is 19.3. The summed E-state index contributed by atoms with van der Waals surface area (Å²) in [6, 6.07) is 4.69. The first-order valence-electron chi connectivity index (χ1n) is 5.70. The van der Waals surface area contributed by atoms with Crippen LogP contribution in [0, 0.1) is 0 Å². The molecule has 2 heterocycles. The van der Waals surface area contributed by atoms with Gasteiger partial charge in [0, 0.05) is 4.88 Å². The second-order valence-electron chi connectivity index (χ2n) is 4.16. The van der Waals surface area contributed by atoms with Gasteiger partial charge in [-0.05, 0) is 54.4 Å². The molecular formula is C12H13BrN2S2. The van der Waals surface area contributed by atoms with E-state index in [2.05, 4.69) is 33.4 Å². The first-order chi connectivity index (χ1) is 8.28. The van der Waals surface area contributed by atoms with Crippen LogP contribution in [-0.2, 0) is 6.42 Å². The Bertz CT molecular complexity index is 532. The molecule has 0 fully saturated rings. The summed E-state index contributed by atoms with van der Waals surface area (Å²) in [4.78, 5) is 7.57. The molecule has 2 aromatic heterocycles. The van der Waals surface area contributed by atoms with Gasteiger partial charge in [-0.25, -0.2) is 4.98 Å². The molecule has 0 bridgehead atoms. The third kappa shape index (κ3) is 2.21. The molecule has 2 nitrogen and oxygen atoms in total. The number of halogens is 1. The minimum absolute atomic E-state index is 0.451. The van der Waals surface area contributed by atoms with Gasteiger partial charge in [0.2, 0.25) is 0 Å². The Kier molecular flexibility index (Phi) is 3.34. The van der Waals surface area contributed by atoms with Gasteiger partial charge in [0.25, 0.3) is 0 Å². The Balaban J connectivity index is 2.01. The fourth-order valence-corrected chi connectivity index (χ4v) is 4.84. The minimum atomic E-state index is 0.451. The summed E-state index contributed by atoms with van der Waals surface area (Å²) in [7, 11) is 2.03. The lowest BCUT2D eigenvalue weighted by atomic mass is 9.98. The predicted molar refractivity (Wildman–Crippen MR) is 77.9 cm³/mol. The van der Waals surface area contributed by atoms with Crippen molar-refractivity contribution in [3.8, 4) is 9.88 Å². The highest BCUT2D eigenvalue weighted by Gasteiger charge is 2.24. The van der Waals surface area contributed by atoms with Gasteiger partial charge >= 0.3 is 0 Å². The molecule has 0 saturated heterocycles. The van der Waals surface area contributed by atoms with Crippen LogP contribution in [0.2, 0.25) is 0 Å². The predicted octanol–water partition coefficient (Wildman–Crippen LogP) is 4.23. The van der Waals surface area contributed by atoms with E-state index in [9.17, 15) is 0 Å². The van der Waals surface area contributed by atoms with Crippen LogP contribution in [0.15, 0.2) is 15.9 Å². The van der Waals surface area contributed by atoms with E-state index in [4.69, 9.17) is 4.98 Å². The highest BCUT2D eigenvalue weighted by Crippen LogP contribution is 2.39. The van der Waals surface area contributed by atoms with Crippen molar-refractivity contribution in [2.24, 2.45) is 0 Å². The van der Waals surface area contributed by atoms with Crippen molar-refractivity contribution in [3.05, 3.63) is 26.5 Å². The van der Waals surface area contributed by atoms with Crippen molar-refractivity contribution in [2.75, 3.05) is 7.05 Å². The molecule has 1 aliphatic carbocycles. The van der Waals surface area contributed by atoms with Crippen LogP contribution in [-0.4, -0.2) is 12.0 Å². The average Bonchev–Trinajstić information content (AvgIpc) is 2.93. The third-order valence-corrected chi connectivity index (χ3v) is 6.01. The Morgan fingerprint density at radius 1 is 1.41 bits per heavy atom. The molecule has 0 saturated carbocycles. The largest absolute Gasteiger partial charge is 0.312 e. The molecule has 1 atom stereocenters. The zero-order chi connectivity index (χ0) is 11.8. The number of hydrogen-bond donors (Lipinski definition) is 1. The molecule has 0 aromatic carbocycles. The zero-order valence-electron chi connectivity index (χ0n) is 9.50. The molecule has 1 aliphatic rings. The summed E-state index contributed by atoms with van der Waals surface area (Å²) in [5.74, 6) is 0. The first kappa shape index (κ1) is 11.8. The second-order valence-corrected chi connectivity index (χ2v) is 7.71. The van der Waals surface area contributed by atoms with Crippen LogP contribution < -0.4 is 5.32 Å². The number of rotatable bonds is 2. The van der Waals surface area contributed by atoms with Crippen molar-refractivity contribution in [1.29, 1.82) is 0 Å². The topological polar surface area (TPSA) is 24.9 Å². The van der Waals surface area contributed by atoms with Gasteiger partial charge in [0.1, 0.15) is 5.01 Å². The van der Waals surface area contributed by atoms with Crippen molar-refractivity contribution in [2.45, 2.75) is 25.3 Å². The maximum atomic E-state index is 4.83. The van der Waals surface area contributed by atoms with E-state index in [0.29, 0.717) is 6.04 Å². The van der Waals surface area contributed by atoms with Crippen LogP contribution in [0.1, 0.15) is 29.5 Å². The maximum absolute atomic E-state index is 4.83. The molecule has 17 heavy (non-hydrogen) atoms. The van der Waals surface area contributed by atoms with Crippen LogP contribution in [0.25, 0.3) is 9.88 Å². The van der Waals surface area contributed by atoms with E-state index in [1.165, 1.54) is 43.5 Å². The molecular weight excluding hydrogens is 316 g/mol. The van der Waals surface area contributed by atoms with Crippen molar-refractivity contribution >= 4 is 38.6 Å². The van der Waals surface area contributed by atoms with Gasteiger partial charge < -0.3 is 5.32 Å². The van der Waals surface area contributed by atoms with Gasteiger partial charge in [-0.1, -0.05) is 0 Å². The Morgan fingerprint density at radius 2 is 2.29 bits per heavy atom. The molecule has 0 spiro atoms. The fourth-order valence-electron chi connectivity index (χ4n) is 2.23. The van der Waals surface area contributed by atoms with E-state index in [1.54, 1.807) is 11.3 Å². The number of thiophene rings is 1. The molecule has 3 rings (SSSR count). The Labute approximate surface area is 117 Å². The van der Waals surface area contributed by atoms with Crippen LogP contribution in [0.5, 0.6) is 0 Å². The Morgan fingerprint density at radius 3 is 3.00 bits per heavy atom. The molecule has 1 N–H and O–H groups in total. The quantitative estimate of drug-likeness (QED) is 0.892. The summed E-state index contributed by atoms with van der Waals surface area (Å²) < 4.78 is 1.17. The lowest BCUT2D eigenvalue weighted by molar-refractivity contribution is 0.490. The van der Waals surface area contributed by atoms with Gasteiger partial charge in [0.05, 0.1) is 20.4 Å². The number of aryl methyl sites for hydroxylation is 1. The lowest BCUT2D eigenvalue weighted by Crippen LogP contribution is -2.21. The van der Waals surface area contributed by atoms with Gasteiger partial charge in [0.15, 0.2) is 0 Å². The number of aromatic nitrogens is 1. The summed E-state index contributed by atoms with van der Waals surface area (Å²) in [6.45, 7) is 0. The van der Waals surface area contributed by atoms with E-state index >= 15 is 0 Å². The summed E-state index contributed by atoms with van der Waals surface area (Å²) in [6.07, 6.45) is 3.67. The minimum Gasteiger partial charge on any atom is -0.312 e. The van der Waals surface area contributed by atoms with Crippen molar-refractivity contribution in [3.63, 3.8) is 0 Å². The van der Waals surface area contributed by atoms with Gasteiger partial charge in [-0.15, -0.1) is 22.7 Å². The molecule has 0 amide bonds. The molecule has 2 aromatic rings. The van der Waals surface area contributed by atoms with Crippen molar-refractivity contribution < 1.29 is 0 Å². The monoisotopic (exact) mass is 328 g/mol. The first-order valence-corrected chi connectivity index (χ1v) is 8.13. The number of hydrogen-bond acceptors (Lipinski definition) is 4. The maximum Gasteiger partial charge on any atom is 0.134 e. The number of thiazole rings is 1.